The van der Waals surface area contributed by atoms with Gasteiger partial charge in [-0.25, -0.2) is 9.37 Å². The summed E-state index contributed by atoms with van der Waals surface area (Å²) >= 11 is 1.22. The number of carbonyl (C=O) groups excluding carboxylic acids is 1. The maximum Gasteiger partial charge on any atom is 0.187 e. The van der Waals surface area contributed by atoms with Crippen molar-refractivity contribution in [3.05, 3.63) is 41.2 Å². The molecule has 1 aromatic carbocycles. The summed E-state index contributed by atoms with van der Waals surface area (Å²) in [6.07, 6.45) is 1.48. The van der Waals surface area contributed by atoms with Gasteiger partial charge in [0.05, 0.1) is 17.6 Å². The monoisotopic (exact) mass is 251 g/mol. The molecule has 0 aliphatic heterocycles. The largest absolute Gasteiger partial charge is 0.332 e. The van der Waals surface area contributed by atoms with Gasteiger partial charge in [0.25, 0.3) is 0 Å². The maximum absolute atomic E-state index is 12.7. The third-order valence-corrected chi connectivity index (χ3v) is 3.02. The zero-order valence-electron chi connectivity index (χ0n) is 8.81. The number of Topliss-reactive ketones (excluding diaryl/α,β-unsaturated/α-hetero) is 1. The SMILES string of the molecule is NCC(=O)c1cnc(Nc2ccc(F)cc2)s1. The van der Waals surface area contributed by atoms with E-state index in [1.165, 1.54) is 29.7 Å². The molecule has 2 aromatic rings. The lowest BCUT2D eigenvalue weighted by Gasteiger charge is -2.00. The lowest BCUT2D eigenvalue weighted by Crippen LogP contribution is -2.11. The Hall–Kier alpha value is -1.79. The highest BCUT2D eigenvalue weighted by molar-refractivity contribution is 7.17. The molecule has 0 atom stereocenters. The minimum Gasteiger partial charge on any atom is -0.332 e. The molecule has 0 bridgehead atoms. The number of nitrogens with two attached hydrogens (primary N) is 1. The van der Waals surface area contributed by atoms with Crippen LogP contribution in [0.25, 0.3) is 0 Å². The molecular formula is C11H10FN3OS. The summed E-state index contributed by atoms with van der Waals surface area (Å²) in [5.41, 5.74) is 5.97. The molecule has 1 aromatic heterocycles. The molecule has 0 aliphatic carbocycles. The van der Waals surface area contributed by atoms with Crippen LogP contribution in [-0.2, 0) is 0 Å². The minimum atomic E-state index is -0.298. The number of ketones is 1. The van der Waals surface area contributed by atoms with Gasteiger partial charge in [-0.05, 0) is 24.3 Å². The van der Waals surface area contributed by atoms with Crippen molar-refractivity contribution in [1.29, 1.82) is 0 Å². The van der Waals surface area contributed by atoms with E-state index in [0.717, 1.165) is 0 Å². The van der Waals surface area contributed by atoms with E-state index in [-0.39, 0.29) is 18.1 Å². The fourth-order valence-corrected chi connectivity index (χ4v) is 2.00. The van der Waals surface area contributed by atoms with Crippen molar-refractivity contribution in [3.63, 3.8) is 0 Å². The lowest BCUT2D eigenvalue weighted by molar-refractivity contribution is 0.100. The second-order valence-electron chi connectivity index (χ2n) is 3.29. The van der Waals surface area contributed by atoms with Crippen molar-refractivity contribution in [1.82, 2.24) is 4.98 Å². The first kappa shape index (κ1) is 11.7. The molecule has 4 nitrogen and oxygen atoms in total. The highest BCUT2D eigenvalue weighted by Gasteiger charge is 2.08. The molecule has 2 rings (SSSR count). The van der Waals surface area contributed by atoms with Crippen LogP contribution >= 0.6 is 11.3 Å². The molecule has 0 unspecified atom stereocenters. The molecule has 0 radical (unpaired) electrons. The molecule has 17 heavy (non-hydrogen) atoms. The van der Waals surface area contributed by atoms with E-state index >= 15 is 0 Å². The summed E-state index contributed by atoms with van der Waals surface area (Å²) in [4.78, 5) is 15.8. The first-order valence-corrected chi connectivity index (χ1v) is 5.72. The van der Waals surface area contributed by atoms with Crippen molar-refractivity contribution in [2.24, 2.45) is 5.73 Å². The van der Waals surface area contributed by atoms with Crippen LogP contribution in [0, 0.1) is 5.82 Å². The Kier molecular flexibility index (Phi) is 3.46. The van der Waals surface area contributed by atoms with Crippen molar-refractivity contribution in [2.45, 2.75) is 0 Å². The summed E-state index contributed by atoms with van der Waals surface area (Å²) < 4.78 is 12.7. The number of aromatic nitrogens is 1. The standard InChI is InChI=1S/C11H10FN3OS/c12-7-1-3-8(4-2-7)15-11-14-6-10(17-11)9(16)5-13/h1-4,6H,5,13H2,(H,14,15). The minimum absolute atomic E-state index is 0.0296. The summed E-state index contributed by atoms with van der Waals surface area (Å²) in [6.45, 7) is -0.0296. The second kappa shape index (κ2) is 5.03. The van der Waals surface area contributed by atoms with Gasteiger partial charge in [0.2, 0.25) is 0 Å². The highest BCUT2D eigenvalue weighted by Crippen LogP contribution is 2.22. The summed E-state index contributed by atoms with van der Waals surface area (Å²) in [6, 6.07) is 5.89. The Morgan fingerprint density at radius 2 is 2.12 bits per heavy atom. The van der Waals surface area contributed by atoms with E-state index < -0.39 is 0 Å². The molecule has 88 valence electrons. The summed E-state index contributed by atoms with van der Waals surface area (Å²) in [7, 11) is 0. The number of benzene rings is 1. The van der Waals surface area contributed by atoms with Crippen LogP contribution in [0.4, 0.5) is 15.2 Å². The Labute approximate surface area is 101 Å². The smallest absolute Gasteiger partial charge is 0.187 e. The predicted molar refractivity (Wildman–Crippen MR) is 65.2 cm³/mol. The number of hydrogen-bond donors (Lipinski definition) is 2. The van der Waals surface area contributed by atoms with Gasteiger partial charge < -0.3 is 11.1 Å². The van der Waals surface area contributed by atoms with Gasteiger partial charge in [0.15, 0.2) is 10.9 Å². The number of hydrogen-bond acceptors (Lipinski definition) is 5. The zero-order chi connectivity index (χ0) is 12.3. The van der Waals surface area contributed by atoms with E-state index in [0.29, 0.717) is 15.7 Å². The van der Waals surface area contributed by atoms with Crippen LogP contribution in [0.1, 0.15) is 9.67 Å². The molecule has 1 heterocycles. The Morgan fingerprint density at radius 1 is 1.41 bits per heavy atom. The number of anilines is 2. The fourth-order valence-electron chi connectivity index (χ4n) is 1.22. The van der Waals surface area contributed by atoms with E-state index in [1.807, 2.05) is 0 Å². The fraction of sp³-hybridized carbons (Fsp3) is 0.0909. The van der Waals surface area contributed by atoms with E-state index in [4.69, 9.17) is 5.73 Å². The molecule has 0 amide bonds. The van der Waals surface area contributed by atoms with Gasteiger partial charge in [-0.1, -0.05) is 11.3 Å². The molecular weight excluding hydrogens is 241 g/mol. The molecule has 0 saturated carbocycles. The lowest BCUT2D eigenvalue weighted by atomic mass is 10.3. The van der Waals surface area contributed by atoms with Gasteiger partial charge in [0.1, 0.15) is 5.82 Å². The van der Waals surface area contributed by atoms with Gasteiger partial charge in [0, 0.05) is 5.69 Å². The van der Waals surface area contributed by atoms with Crippen LogP contribution < -0.4 is 11.1 Å². The number of carbonyl (C=O) groups is 1. The van der Waals surface area contributed by atoms with Crippen LogP contribution in [0.2, 0.25) is 0 Å². The maximum atomic E-state index is 12.7. The van der Waals surface area contributed by atoms with Crippen LogP contribution in [0.5, 0.6) is 0 Å². The summed E-state index contributed by atoms with van der Waals surface area (Å²) in [5, 5.41) is 3.56. The number of halogens is 1. The molecule has 0 fully saturated rings. The molecule has 0 aliphatic rings. The topological polar surface area (TPSA) is 68.0 Å². The van der Waals surface area contributed by atoms with E-state index in [2.05, 4.69) is 10.3 Å². The first-order chi connectivity index (χ1) is 8.19. The quantitative estimate of drug-likeness (QED) is 0.817. The number of thiazole rings is 1. The zero-order valence-corrected chi connectivity index (χ0v) is 9.63. The van der Waals surface area contributed by atoms with Crippen molar-refractivity contribution in [2.75, 3.05) is 11.9 Å². The second-order valence-corrected chi connectivity index (χ2v) is 4.32. The van der Waals surface area contributed by atoms with Crippen molar-refractivity contribution >= 4 is 27.9 Å². The number of nitrogens with one attached hydrogen (secondary N) is 1. The van der Waals surface area contributed by atoms with Gasteiger partial charge in [-0.15, -0.1) is 0 Å². The molecule has 0 spiro atoms. The number of nitrogens with zero attached hydrogens (tertiary/aromatic N) is 1. The van der Waals surface area contributed by atoms with Crippen molar-refractivity contribution < 1.29 is 9.18 Å². The average molecular weight is 251 g/mol. The van der Waals surface area contributed by atoms with E-state index in [9.17, 15) is 9.18 Å². The van der Waals surface area contributed by atoms with E-state index in [1.54, 1.807) is 12.1 Å². The first-order valence-electron chi connectivity index (χ1n) is 4.91. The predicted octanol–water partition coefficient (Wildman–Crippen LogP) is 2.17. The third-order valence-electron chi connectivity index (χ3n) is 2.06. The number of rotatable bonds is 4. The normalized spacial score (nSPS) is 10.2. The van der Waals surface area contributed by atoms with Crippen LogP contribution in [0.15, 0.2) is 30.5 Å². The van der Waals surface area contributed by atoms with Gasteiger partial charge in [-0.2, -0.15) is 0 Å². The third kappa shape index (κ3) is 2.86. The van der Waals surface area contributed by atoms with Gasteiger partial charge in [-0.3, -0.25) is 4.79 Å². The Bertz CT molecular complexity index is 524. The van der Waals surface area contributed by atoms with Crippen LogP contribution in [0.3, 0.4) is 0 Å². The Balaban J connectivity index is 2.11. The molecule has 3 N–H and O–H groups in total. The van der Waals surface area contributed by atoms with Crippen molar-refractivity contribution in [3.8, 4) is 0 Å². The highest BCUT2D eigenvalue weighted by atomic mass is 32.1. The average Bonchev–Trinajstić information content (AvgIpc) is 2.80. The molecule has 0 saturated heterocycles. The Morgan fingerprint density at radius 3 is 2.76 bits per heavy atom. The summed E-state index contributed by atoms with van der Waals surface area (Å²) in [5.74, 6) is -0.441. The van der Waals surface area contributed by atoms with Gasteiger partial charge >= 0.3 is 0 Å². The molecule has 6 heteroatoms. The van der Waals surface area contributed by atoms with Crippen LogP contribution in [-0.4, -0.2) is 17.3 Å².